The van der Waals surface area contributed by atoms with E-state index in [1.54, 1.807) is 18.3 Å². The summed E-state index contributed by atoms with van der Waals surface area (Å²) in [5.74, 6) is 1.05. The van der Waals surface area contributed by atoms with Crippen molar-refractivity contribution in [3.63, 3.8) is 0 Å². The van der Waals surface area contributed by atoms with Gasteiger partial charge in [0.15, 0.2) is 0 Å². The lowest BCUT2D eigenvalue weighted by atomic mass is 10.6. The molecule has 1 unspecified atom stereocenters. The molecule has 1 atom stereocenters. The summed E-state index contributed by atoms with van der Waals surface area (Å²) in [6.45, 7) is 6.35. The molecule has 0 aromatic carbocycles. The van der Waals surface area contributed by atoms with Crippen molar-refractivity contribution in [3.05, 3.63) is 0 Å². The van der Waals surface area contributed by atoms with E-state index in [9.17, 15) is 4.79 Å². The summed E-state index contributed by atoms with van der Waals surface area (Å²) in [4.78, 5) is 10.1. The fourth-order valence-corrected chi connectivity index (χ4v) is 3.95. The first-order chi connectivity index (χ1) is 6.87. The van der Waals surface area contributed by atoms with Crippen LogP contribution in [0.25, 0.3) is 0 Å². The highest BCUT2D eigenvalue weighted by Gasteiger charge is 1.92. The van der Waals surface area contributed by atoms with Crippen LogP contribution in [0, 0.1) is 0 Å². The summed E-state index contributed by atoms with van der Waals surface area (Å²) in [5.41, 5.74) is 0. The molecule has 0 aliphatic heterocycles. The maximum atomic E-state index is 10.1. The molecule has 7 heteroatoms. The van der Waals surface area contributed by atoms with Gasteiger partial charge in [0.2, 0.25) is 0 Å². The number of carbonyl (C=O) groups excluding carboxylic acids is 1. The summed E-state index contributed by atoms with van der Waals surface area (Å²) in [5, 5.41) is 0. The Morgan fingerprint density at radius 1 is 1.60 bits per heavy atom. The first kappa shape index (κ1) is 18.5. The van der Waals surface area contributed by atoms with Gasteiger partial charge in [-0.3, -0.25) is 4.79 Å². The Morgan fingerprint density at radius 3 is 2.27 bits per heavy atom. The van der Waals surface area contributed by atoms with E-state index in [1.165, 1.54) is 6.42 Å². The Bertz CT molecular complexity index is 205. The largest absolute Gasteiger partial charge is 0.736 e. The number of hydrogen-bond donors (Lipinski definition) is 1. The molecular weight excluding hydrogens is 287 g/mol. The van der Waals surface area contributed by atoms with Crippen molar-refractivity contribution in [2.75, 3.05) is 24.8 Å². The topological polar surface area (TPSA) is 26.3 Å². The van der Waals surface area contributed by atoms with Gasteiger partial charge in [0.05, 0.1) is 12.4 Å². The van der Waals surface area contributed by atoms with Crippen LogP contribution in [0.4, 0.5) is 0 Å². The van der Waals surface area contributed by atoms with E-state index in [0.717, 1.165) is 5.75 Å². The minimum Gasteiger partial charge on any atom is -0.736 e. The molecular formula is C8H18O2PS4-. The molecule has 0 heterocycles. The summed E-state index contributed by atoms with van der Waals surface area (Å²) < 4.78 is 3.13. The first-order valence-corrected chi connectivity index (χ1v) is 11.1. The van der Waals surface area contributed by atoms with Gasteiger partial charge in [-0.25, -0.2) is 0 Å². The molecule has 0 saturated heterocycles. The molecule has 0 saturated carbocycles. The maximum absolute atomic E-state index is 10.1. The predicted octanol–water partition coefficient (Wildman–Crippen LogP) is 3.10. The Balaban J connectivity index is 0. The molecule has 0 aliphatic carbocycles. The number of thiol groups is 1. The predicted molar refractivity (Wildman–Crippen MR) is 80.8 cm³/mol. The van der Waals surface area contributed by atoms with Gasteiger partial charge >= 0.3 is 5.97 Å². The van der Waals surface area contributed by atoms with Crippen LogP contribution in [-0.4, -0.2) is 30.7 Å². The van der Waals surface area contributed by atoms with Crippen LogP contribution in [0.2, 0.25) is 0 Å². The quantitative estimate of drug-likeness (QED) is 0.364. The van der Waals surface area contributed by atoms with Crippen molar-refractivity contribution in [2.24, 2.45) is 0 Å². The SMILES string of the molecule is CCCSP(C)(=S)[S-].CCOC(=O)CS. The van der Waals surface area contributed by atoms with E-state index in [1.807, 2.05) is 6.66 Å². The molecule has 0 amide bonds. The molecule has 92 valence electrons. The van der Waals surface area contributed by atoms with Crippen molar-refractivity contribution >= 4 is 58.5 Å². The molecule has 0 aliphatic rings. The van der Waals surface area contributed by atoms with Crippen molar-refractivity contribution in [1.29, 1.82) is 0 Å². The van der Waals surface area contributed by atoms with E-state index < -0.39 is 4.44 Å². The molecule has 0 aromatic heterocycles. The van der Waals surface area contributed by atoms with Gasteiger partial charge in [-0.05, 0) is 25.8 Å². The summed E-state index contributed by atoms with van der Waals surface area (Å²) >= 11 is 15.5. The normalized spacial score (nSPS) is 13.4. The van der Waals surface area contributed by atoms with E-state index >= 15 is 0 Å². The fraction of sp³-hybridized carbons (Fsp3) is 0.875. The van der Waals surface area contributed by atoms with E-state index in [0.29, 0.717) is 6.61 Å². The zero-order valence-corrected chi connectivity index (χ0v) is 13.5. The van der Waals surface area contributed by atoms with Crippen LogP contribution in [0.3, 0.4) is 0 Å². The molecule has 0 rings (SSSR count). The molecule has 0 N–H and O–H groups in total. The minimum absolute atomic E-state index is 0.174. The van der Waals surface area contributed by atoms with Crippen LogP contribution in [0.5, 0.6) is 0 Å². The molecule has 0 aromatic rings. The van der Waals surface area contributed by atoms with E-state index in [-0.39, 0.29) is 11.7 Å². The Labute approximate surface area is 113 Å². The number of esters is 1. The van der Waals surface area contributed by atoms with Gasteiger partial charge in [-0.15, -0.1) is 27.6 Å². The van der Waals surface area contributed by atoms with Crippen molar-refractivity contribution in [2.45, 2.75) is 20.3 Å². The summed E-state index contributed by atoms with van der Waals surface area (Å²) in [7, 11) is 0. The van der Waals surface area contributed by atoms with Crippen molar-refractivity contribution in [3.8, 4) is 0 Å². The van der Waals surface area contributed by atoms with Crippen LogP contribution < -0.4 is 0 Å². The molecule has 0 radical (unpaired) electrons. The Kier molecular flexibility index (Phi) is 14.4. The van der Waals surface area contributed by atoms with Gasteiger partial charge in [-0.1, -0.05) is 6.92 Å². The van der Waals surface area contributed by atoms with Crippen LogP contribution >= 0.6 is 28.5 Å². The molecule has 15 heavy (non-hydrogen) atoms. The van der Waals surface area contributed by atoms with Gasteiger partial charge in [0.25, 0.3) is 0 Å². The second-order valence-corrected chi connectivity index (χ2v) is 14.5. The zero-order chi connectivity index (χ0) is 12.3. The standard InChI is InChI=1S/C4H8O2S.C4H11PS3/c1-2-6-4(5)3-7;1-3-4-8-5(2,6)7/h7H,2-3H2,1H3;3-4H2,1-2H3,(H,6,7)/p-1. The van der Waals surface area contributed by atoms with Crippen LogP contribution in [0.15, 0.2) is 0 Å². The molecule has 0 spiro atoms. The first-order valence-electron chi connectivity index (χ1n) is 4.56. The second kappa shape index (κ2) is 11.6. The molecule has 0 bridgehead atoms. The van der Waals surface area contributed by atoms with Crippen molar-refractivity contribution in [1.82, 2.24) is 0 Å². The third-order valence-electron chi connectivity index (χ3n) is 0.964. The number of carbonyl (C=O) groups is 1. The fourth-order valence-electron chi connectivity index (χ4n) is 0.464. The number of hydrogen-bond acceptors (Lipinski definition) is 6. The third kappa shape index (κ3) is 21.1. The highest BCUT2D eigenvalue weighted by molar-refractivity contribution is 8.92. The number of rotatable bonds is 5. The average Bonchev–Trinajstić information content (AvgIpc) is 2.15. The summed E-state index contributed by atoms with van der Waals surface area (Å²) in [6.07, 6.45) is 1.19. The lowest BCUT2D eigenvalue weighted by molar-refractivity contribution is -0.139. The van der Waals surface area contributed by atoms with Gasteiger partial charge in [-0.2, -0.15) is 12.6 Å². The van der Waals surface area contributed by atoms with Gasteiger partial charge in [0, 0.05) is 0 Å². The van der Waals surface area contributed by atoms with Crippen LogP contribution in [-0.2, 0) is 33.6 Å². The highest BCUT2D eigenvalue weighted by atomic mass is 33.2. The Hall–Kier alpha value is 1.17. The number of ether oxygens (including phenoxy) is 1. The lowest BCUT2D eigenvalue weighted by Gasteiger charge is -2.20. The zero-order valence-electron chi connectivity index (χ0n) is 9.26. The minimum atomic E-state index is -1.35. The second-order valence-electron chi connectivity index (χ2n) is 2.57. The smallest absolute Gasteiger partial charge is 0.315 e. The van der Waals surface area contributed by atoms with E-state index in [2.05, 4.69) is 24.3 Å². The monoisotopic (exact) mass is 305 g/mol. The van der Waals surface area contributed by atoms with Gasteiger partial charge in [0.1, 0.15) is 0 Å². The van der Waals surface area contributed by atoms with Crippen molar-refractivity contribution < 1.29 is 9.53 Å². The maximum Gasteiger partial charge on any atom is 0.315 e. The third-order valence-corrected chi connectivity index (χ3v) is 6.13. The Morgan fingerprint density at radius 2 is 2.13 bits per heavy atom. The molecule has 2 nitrogen and oxygen atoms in total. The highest BCUT2D eigenvalue weighted by Crippen LogP contribution is 2.53. The molecule has 0 fully saturated rings. The summed E-state index contributed by atoms with van der Waals surface area (Å²) in [6, 6.07) is 0. The lowest BCUT2D eigenvalue weighted by Crippen LogP contribution is -2.03. The van der Waals surface area contributed by atoms with E-state index in [4.69, 9.17) is 24.1 Å². The average molecular weight is 305 g/mol. The van der Waals surface area contributed by atoms with Crippen LogP contribution in [0.1, 0.15) is 20.3 Å². The van der Waals surface area contributed by atoms with Gasteiger partial charge < -0.3 is 17.0 Å².